The molecule has 0 bridgehead atoms. The summed E-state index contributed by atoms with van der Waals surface area (Å²) in [5.41, 5.74) is 8.20. The van der Waals surface area contributed by atoms with Crippen LogP contribution in [0.15, 0.2) is 52.3 Å². The molecule has 0 spiro atoms. The van der Waals surface area contributed by atoms with Crippen LogP contribution in [0, 0.1) is 6.92 Å². The van der Waals surface area contributed by atoms with Gasteiger partial charge in [0.25, 0.3) is 0 Å². The predicted molar refractivity (Wildman–Crippen MR) is 76.2 cm³/mol. The smallest absolute Gasteiger partial charge is 0.118 e. The Morgan fingerprint density at radius 3 is 2.44 bits per heavy atom. The van der Waals surface area contributed by atoms with Crippen LogP contribution in [0.4, 0.5) is 0 Å². The van der Waals surface area contributed by atoms with Crippen molar-refractivity contribution in [3.63, 3.8) is 0 Å². The highest BCUT2D eigenvalue weighted by molar-refractivity contribution is 7.99. The first kappa shape index (κ1) is 13.0. The molecule has 0 unspecified atom stereocenters. The molecule has 0 aromatic heterocycles. The number of rotatable bonds is 4. The van der Waals surface area contributed by atoms with E-state index in [1.807, 2.05) is 12.1 Å². The van der Waals surface area contributed by atoms with Crippen molar-refractivity contribution in [1.29, 1.82) is 0 Å². The van der Waals surface area contributed by atoms with Gasteiger partial charge < -0.3 is 10.5 Å². The lowest BCUT2D eigenvalue weighted by Gasteiger charge is -2.09. The van der Waals surface area contributed by atoms with Gasteiger partial charge in [0.15, 0.2) is 0 Å². The van der Waals surface area contributed by atoms with E-state index in [1.54, 1.807) is 18.9 Å². The van der Waals surface area contributed by atoms with E-state index < -0.39 is 0 Å². The summed E-state index contributed by atoms with van der Waals surface area (Å²) in [6, 6.07) is 14.4. The minimum atomic E-state index is 0.568. The maximum Gasteiger partial charge on any atom is 0.118 e. The summed E-state index contributed by atoms with van der Waals surface area (Å²) < 4.78 is 5.15. The SMILES string of the molecule is COc1ccc(Sc2cc(C)ccc2CN)cc1. The Kier molecular flexibility index (Phi) is 4.28. The molecule has 18 heavy (non-hydrogen) atoms. The summed E-state index contributed by atoms with van der Waals surface area (Å²) in [4.78, 5) is 2.42. The average Bonchev–Trinajstić information content (AvgIpc) is 2.40. The minimum Gasteiger partial charge on any atom is -0.497 e. The van der Waals surface area contributed by atoms with Gasteiger partial charge in [-0.25, -0.2) is 0 Å². The van der Waals surface area contributed by atoms with Crippen LogP contribution in [0.2, 0.25) is 0 Å². The molecule has 94 valence electrons. The van der Waals surface area contributed by atoms with Crippen molar-refractivity contribution < 1.29 is 4.74 Å². The van der Waals surface area contributed by atoms with E-state index in [4.69, 9.17) is 10.5 Å². The zero-order valence-corrected chi connectivity index (χ0v) is 11.5. The van der Waals surface area contributed by atoms with Crippen LogP contribution in [-0.4, -0.2) is 7.11 Å². The topological polar surface area (TPSA) is 35.2 Å². The van der Waals surface area contributed by atoms with Gasteiger partial charge >= 0.3 is 0 Å². The fourth-order valence-electron chi connectivity index (χ4n) is 1.70. The molecule has 0 saturated carbocycles. The Morgan fingerprint density at radius 2 is 1.83 bits per heavy atom. The number of benzene rings is 2. The number of hydrogen-bond donors (Lipinski definition) is 1. The Labute approximate surface area is 112 Å². The quantitative estimate of drug-likeness (QED) is 0.911. The molecule has 0 aliphatic carbocycles. The molecule has 0 amide bonds. The summed E-state index contributed by atoms with van der Waals surface area (Å²) in [5.74, 6) is 0.877. The maximum atomic E-state index is 5.77. The van der Waals surface area contributed by atoms with Crippen molar-refractivity contribution in [2.75, 3.05) is 7.11 Å². The standard InChI is InChI=1S/C15H17NOS/c1-11-3-4-12(10-16)15(9-11)18-14-7-5-13(17-2)6-8-14/h3-9H,10,16H2,1-2H3. The number of methoxy groups -OCH3 is 1. The molecule has 3 heteroatoms. The molecule has 0 atom stereocenters. The van der Waals surface area contributed by atoms with Crippen LogP contribution in [0.5, 0.6) is 5.75 Å². The first-order valence-electron chi connectivity index (χ1n) is 5.84. The van der Waals surface area contributed by atoms with Crippen LogP contribution in [0.3, 0.4) is 0 Å². The molecule has 0 saturated heterocycles. The summed E-state index contributed by atoms with van der Waals surface area (Å²) in [6.07, 6.45) is 0. The van der Waals surface area contributed by atoms with Crippen LogP contribution in [0.25, 0.3) is 0 Å². The molecular formula is C15H17NOS. The molecule has 2 aromatic carbocycles. The number of hydrogen-bond acceptors (Lipinski definition) is 3. The van der Waals surface area contributed by atoms with E-state index in [9.17, 15) is 0 Å². The molecule has 0 heterocycles. The largest absolute Gasteiger partial charge is 0.497 e. The van der Waals surface area contributed by atoms with Gasteiger partial charge in [0.05, 0.1) is 7.11 Å². The van der Waals surface area contributed by atoms with Crippen molar-refractivity contribution >= 4 is 11.8 Å². The maximum absolute atomic E-state index is 5.77. The third-order valence-corrected chi connectivity index (χ3v) is 3.84. The molecule has 0 aliphatic rings. The molecule has 2 N–H and O–H groups in total. The highest BCUT2D eigenvalue weighted by atomic mass is 32.2. The van der Waals surface area contributed by atoms with Gasteiger partial charge in [-0.3, -0.25) is 0 Å². The third-order valence-electron chi connectivity index (χ3n) is 2.73. The van der Waals surface area contributed by atoms with E-state index in [1.165, 1.54) is 20.9 Å². The number of ether oxygens (including phenoxy) is 1. The van der Waals surface area contributed by atoms with Gasteiger partial charge in [0.2, 0.25) is 0 Å². The lowest BCUT2D eigenvalue weighted by atomic mass is 10.1. The molecular weight excluding hydrogens is 242 g/mol. The second kappa shape index (κ2) is 5.94. The highest BCUT2D eigenvalue weighted by Gasteiger charge is 2.04. The zero-order chi connectivity index (χ0) is 13.0. The number of aryl methyl sites for hydroxylation is 1. The lowest BCUT2D eigenvalue weighted by Crippen LogP contribution is -1.98. The van der Waals surface area contributed by atoms with Crippen LogP contribution < -0.4 is 10.5 Å². The van der Waals surface area contributed by atoms with E-state index in [2.05, 4.69) is 37.3 Å². The normalized spacial score (nSPS) is 10.4. The molecule has 2 aromatic rings. The molecule has 0 fully saturated rings. The van der Waals surface area contributed by atoms with E-state index >= 15 is 0 Å². The number of nitrogens with two attached hydrogens (primary N) is 1. The van der Waals surface area contributed by atoms with Crippen molar-refractivity contribution in [2.45, 2.75) is 23.3 Å². The second-order valence-electron chi connectivity index (χ2n) is 4.09. The minimum absolute atomic E-state index is 0.568. The summed E-state index contributed by atoms with van der Waals surface area (Å²) in [5, 5.41) is 0. The van der Waals surface area contributed by atoms with Crippen LogP contribution in [0.1, 0.15) is 11.1 Å². The predicted octanol–water partition coefficient (Wildman–Crippen LogP) is 3.61. The van der Waals surface area contributed by atoms with E-state index in [0.717, 1.165) is 5.75 Å². The molecule has 2 rings (SSSR count). The Hall–Kier alpha value is -1.45. The zero-order valence-electron chi connectivity index (χ0n) is 10.6. The Morgan fingerprint density at radius 1 is 1.11 bits per heavy atom. The van der Waals surface area contributed by atoms with Crippen LogP contribution >= 0.6 is 11.8 Å². The van der Waals surface area contributed by atoms with Gasteiger partial charge in [-0.05, 0) is 48.4 Å². The molecule has 2 nitrogen and oxygen atoms in total. The first-order chi connectivity index (χ1) is 8.72. The molecule has 0 aliphatic heterocycles. The Balaban J connectivity index is 2.24. The second-order valence-corrected chi connectivity index (χ2v) is 5.21. The lowest BCUT2D eigenvalue weighted by molar-refractivity contribution is 0.414. The average molecular weight is 259 g/mol. The van der Waals surface area contributed by atoms with Gasteiger partial charge in [0.1, 0.15) is 5.75 Å². The fraction of sp³-hybridized carbons (Fsp3) is 0.200. The molecule has 0 radical (unpaired) electrons. The summed E-state index contributed by atoms with van der Waals surface area (Å²) in [6.45, 7) is 2.66. The van der Waals surface area contributed by atoms with Crippen molar-refractivity contribution in [3.8, 4) is 5.75 Å². The van der Waals surface area contributed by atoms with E-state index in [0.29, 0.717) is 6.54 Å². The van der Waals surface area contributed by atoms with Gasteiger partial charge in [0, 0.05) is 16.3 Å². The fourth-order valence-corrected chi connectivity index (χ4v) is 2.75. The first-order valence-corrected chi connectivity index (χ1v) is 6.66. The van der Waals surface area contributed by atoms with E-state index in [-0.39, 0.29) is 0 Å². The summed E-state index contributed by atoms with van der Waals surface area (Å²) in [7, 11) is 1.68. The monoisotopic (exact) mass is 259 g/mol. The summed E-state index contributed by atoms with van der Waals surface area (Å²) >= 11 is 1.74. The third kappa shape index (κ3) is 3.06. The van der Waals surface area contributed by atoms with Gasteiger partial charge in [-0.1, -0.05) is 23.9 Å². The van der Waals surface area contributed by atoms with Crippen molar-refractivity contribution in [3.05, 3.63) is 53.6 Å². The van der Waals surface area contributed by atoms with Crippen molar-refractivity contribution in [2.24, 2.45) is 5.73 Å². The van der Waals surface area contributed by atoms with Crippen molar-refractivity contribution in [1.82, 2.24) is 0 Å². The van der Waals surface area contributed by atoms with Crippen LogP contribution in [-0.2, 0) is 6.54 Å². The van der Waals surface area contributed by atoms with Gasteiger partial charge in [-0.2, -0.15) is 0 Å². The van der Waals surface area contributed by atoms with Gasteiger partial charge in [-0.15, -0.1) is 0 Å². The highest BCUT2D eigenvalue weighted by Crippen LogP contribution is 2.32. The Bertz CT molecular complexity index is 523.